The highest BCUT2D eigenvalue weighted by Gasteiger charge is 2.33. The van der Waals surface area contributed by atoms with E-state index in [1.54, 1.807) is 41.2 Å². The van der Waals surface area contributed by atoms with Gasteiger partial charge in [0.25, 0.3) is 11.8 Å². The van der Waals surface area contributed by atoms with Crippen LogP contribution in [-0.4, -0.2) is 57.8 Å². The molecule has 10 nitrogen and oxygen atoms in total. The number of hydrogen-bond donors (Lipinski definition) is 3. The molecule has 0 aliphatic carbocycles. The predicted octanol–water partition coefficient (Wildman–Crippen LogP) is 5.93. The average molecular weight is 668 g/mol. The van der Waals surface area contributed by atoms with Crippen molar-refractivity contribution in [1.29, 1.82) is 0 Å². The van der Waals surface area contributed by atoms with E-state index < -0.39 is 28.6 Å². The number of aryl methyl sites for hydroxylation is 1. The van der Waals surface area contributed by atoms with Crippen molar-refractivity contribution in [3.8, 4) is 0 Å². The molecule has 14 heteroatoms. The molecule has 3 N–H and O–H groups in total. The van der Waals surface area contributed by atoms with E-state index in [2.05, 4.69) is 31.1 Å². The number of carbonyl (C=O) groups excluding carboxylic acids is 2. The molecule has 0 saturated carbocycles. The maximum atomic E-state index is 13.4. The Hall–Kier alpha value is -4.75. The van der Waals surface area contributed by atoms with Crippen molar-refractivity contribution in [3.05, 3.63) is 105 Å². The summed E-state index contributed by atoms with van der Waals surface area (Å²) in [6.45, 7) is 2.09. The van der Waals surface area contributed by atoms with Crippen LogP contribution >= 0.6 is 11.6 Å². The van der Waals surface area contributed by atoms with Crippen molar-refractivity contribution in [3.63, 3.8) is 0 Å². The molecule has 47 heavy (non-hydrogen) atoms. The first-order valence-corrected chi connectivity index (χ1v) is 15.5. The van der Waals surface area contributed by atoms with Crippen LogP contribution in [0, 0.1) is 0 Å². The summed E-state index contributed by atoms with van der Waals surface area (Å²) in [5, 5.41) is 23.5. The average Bonchev–Trinajstić information content (AvgIpc) is 3.51. The van der Waals surface area contributed by atoms with Crippen molar-refractivity contribution in [2.24, 2.45) is 5.10 Å². The van der Waals surface area contributed by atoms with Crippen LogP contribution in [0.3, 0.4) is 0 Å². The smallest absolute Gasteiger partial charge is 0.396 e. The second-order valence-corrected chi connectivity index (χ2v) is 11.5. The van der Waals surface area contributed by atoms with Gasteiger partial charge >= 0.3 is 6.18 Å². The second kappa shape index (κ2) is 15.2. The largest absolute Gasteiger partial charge is 0.417 e. The lowest BCUT2D eigenvalue weighted by molar-refractivity contribution is -0.137. The van der Waals surface area contributed by atoms with E-state index in [4.69, 9.17) is 16.7 Å². The number of nitrogens with zero attached hydrogens (tertiary/aromatic N) is 5. The fourth-order valence-corrected chi connectivity index (χ4v) is 5.45. The van der Waals surface area contributed by atoms with Crippen molar-refractivity contribution >= 4 is 41.0 Å². The maximum Gasteiger partial charge on any atom is 0.417 e. The van der Waals surface area contributed by atoms with Crippen molar-refractivity contribution in [2.45, 2.75) is 44.8 Å². The van der Waals surface area contributed by atoms with E-state index in [1.165, 1.54) is 6.07 Å². The molecule has 0 bridgehead atoms. The van der Waals surface area contributed by atoms with Crippen molar-refractivity contribution in [2.75, 3.05) is 29.9 Å². The van der Waals surface area contributed by atoms with Gasteiger partial charge in [0.2, 0.25) is 0 Å². The summed E-state index contributed by atoms with van der Waals surface area (Å²) in [5.74, 6) is -1.10. The van der Waals surface area contributed by atoms with Gasteiger partial charge in [-0.2, -0.15) is 18.3 Å². The first kappa shape index (κ1) is 33.6. The SMILES string of the molecule is O=C(Nc1ccc(N2CCCCC2)cc1C(=O)N/N=C\c1ccc(Cl)c(C(F)(F)F)c1)c1cccc(Cn2cc(CCCO)nn2)c1. The molecule has 0 radical (unpaired) electrons. The Labute approximate surface area is 274 Å². The highest BCUT2D eigenvalue weighted by molar-refractivity contribution is 6.31. The number of halogens is 4. The minimum Gasteiger partial charge on any atom is -0.396 e. The summed E-state index contributed by atoms with van der Waals surface area (Å²) in [6.07, 6.45) is 2.58. The highest BCUT2D eigenvalue weighted by Crippen LogP contribution is 2.35. The van der Waals surface area contributed by atoms with Crippen LogP contribution in [-0.2, 0) is 19.1 Å². The molecule has 2 heterocycles. The van der Waals surface area contributed by atoms with Crippen LogP contribution in [0.4, 0.5) is 24.5 Å². The van der Waals surface area contributed by atoms with Gasteiger partial charge in [-0.15, -0.1) is 5.10 Å². The zero-order chi connectivity index (χ0) is 33.4. The number of aromatic nitrogens is 3. The predicted molar refractivity (Wildman–Crippen MR) is 173 cm³/mol. The second-order valence-electron chi connectivity index (χ2n) is 11.1. The molecule has 1 fully saturated rings. The lowest BCUT2D eigenvalue weighted by atomic mass is 10.1. The zero-order valence-corrected chi connectivity index (χ0v) is 26.1. The van der Waals surface area contributed by atoms with Gasteiger partial charge in [-0.1, -0.05) is 35.0 Å². The summed E-state index contributed by atoms with van der Waals surface area (Å²) >= 11 is 5.70. The summed E-state index contributed by atoms with van der Waals surface area (Å²) in [6, 6.07) is 15.4. The molecule has 1 aromatic heterocycles. The molecule has 3 aromatic carbocycles. The fourth-order valence-electron chi connectivity index (χ4n) is 5.23. The summed E-state index contributed by atoms with van der Waals surface area (Å²) < 4.78 is 41.5. The van der Waals surface area contributed by atoms with E-state index in [1.807, 2.05) is 12.1 Å². The molecule has 246 valence electrons. The summed E-state index contributed by atoms with van der Waals surface area (Å²) in [7, 11) is 0. The Bertz CT molecular complexity index is 1750. The third-order valence-electron chi connectivity index (χ3n) is 7.60. The summed E-state index contributed by atoms with van der Waals surface area (Å²) in [5.41, 5.74) is 4.55. The molecular weight excluding hydrogens is 635 g/mol. The molecule has 4 aromatic rings. The molecular formula is C33H33ClF3N7O3. The number of anilines is 2. The number of carbonyl (C=O) groups is 2. The normalized spacial score (nSPS) is 13.6. The lowest BCUT2D eigenvalue weighted by Crippen LogP contribution is -2.30. The molecule has 0 spiro atoms. The van der Waals surface area contributed by atoms with Gasteiger partial charge in [-0.25, -0.2) is 10.1 Å². The van der Waals surface area contributed by atoms with E-state index in [9.17, 15) is 22.8 Å². The molecule has 2 amide bonds. The van der Waals surface area contributed by atoms with Gasteiger partial charge < -0.3 is 15.3 Å². The molecule has 0 atom stereocenters. The van der Waals surface area contributed by atoms with Gasteiger partial charge in [0.05, 0.1) is 40.3 Å². The molecule has 1 saturated heterocycles. The zero-order valence-electron chi connectivity index (χ0n) is 25.3. The van der Waals surface area contributed by atoms with Gasteiger partial charge in [0.15, 0.2) is 0 Å². The van der Waals surface area contributed by atoms with Gasteiger partial charge in [-0.3, -0.25) is 9.59 Å². The number of aliphatic hydroxyl groups is 1. The molecule has 1 aliphatic rings. The van der Waals surface area contributed by atoms with Crippen LogP contribution in [0.1, 0.15) is 68.8 Å². The Morgan fingerprint density at radius 2 is 1.83 bits per heavy atom. The van der Waals surface area contributed by atoms with E-state index in [-0.39, 0.29) is 23.4 Å². The van der Waals surface area contributed by atoms with E-state index in [0.29, 0.717) is 24.9 Å². The van der Waals surface area contributed by atoms with E-state index >= 15 is 0 Å². The van der Waals surface area contributed by atoms with Gasteiger partial charge in [-0.05, 0) is 85.7 Å². The van der Waals surface area contributed by atoms with Crippen LogP contribution in [0.15, 0.2) is 72.0 Å². The maximum absolute atomic E-state index is 13.4. The fraction of sp³-hybridized carbons (Fsp3) is 0.303. The molecule has 5 rings (SSSR count). The van der Waals surface area contributed by atoms with Crippen molar-refractivity contribution in [1.82, 2.24) is 20.4 Å². The van der Waals surface area contributed by atoms with Crippen LogP contribution in [0.5, 0.6) is 0 Å². The quantitative estimate of drug-likeness (QED) is 0.135. The number of amides is 2. The number of alkyl halides is 3. The third-order valence-corrected chi connectivity index (χ3v) is 7.93. The Kier molecular flexibility index (Phi) is 10.9. The number of piperidine rings is 1. The van der Waals surface area contributed by atoms with Crippen LogP contribution in [0.25, 0.3) is 0 Å². The number of rotatable bonds is 11. The molecule has 1 aliphatic heterocycles. The summed E-state index contributed by atoms with van der Waals surface area (Å²) in [4.78, 5) is 28.9. The topological polar surface area (TPSA) is 125 Å². The number of benzene rings is 3. The third kappa shape index (κ3) is 8.95. The van der Waals surface area contributed by atoms with Crippen molar-refractivity contribution < 1.29 is 27.9 Å². The number of aliphatic hydroxyl groups excluding tert-OH is 1. The number of hydrazone groups is 1. The minimum atomic E-state index is -4.65. The lowest BCUT2D eigenvalue weighted by Gasteiger charge is -2.29. The molecule has 0 unspecified atom stereocenters. The highest BCUT2D eigenvalue weighted by atomic mass is 35.5. The first-order chi connectivity index (χ1) is 22.6. The van der Waals surface area contributed by atoms with Gasteiger partial charge in [0.1, 0.15) is 0 Å². The standard InChI is InChI=1S/C33H33ClF3N7O3/c34-29-11-9-22(17-28(29)33(35,36)37)19-38-41-32(47)27-18-26(43-13-2-1-3-14-43)10-12-30(27)39-31(46)24-7-4-6-23(16-24)20-44-21-25(40-42-44)8-5-15-45/h4,6-7,9-12,16-19,21,45H,1-3,5,8,13-15,20H2,(H,39,46)(H,41,47)/b38-19-. The van der Waals surface area contributed by atoms with Gasteiger partial charge in [0, 0.05) is 37.1 Å². The number of nitrogens with one attached hydrogen (secondary N) is 2. The monoisotopic (exact) mass is 667 g/mol. The first-order valence-electron chi connectivity index (χ1n) is 15.1. The van der Waals surface area contributed by atoms with E-state index in [0.717, 1.165) is 67.6 Å². The van der Waals surface area contributed by atoms with Crippen LogP contribution in [0.2, 0.25) is 5.02 Å². The Morgan fingerprint density at radius 3 is 2.60 bits per heavy atom. The minimum absolute atomic E-state index is 0.0666. The Balaban J connectivity index is 1.34. The van der Waals surface area contributed by atoms with Crippen LogP contribution < -0.4 is 15.6 Å². The Morgan fingerprint density at radius 1 is 1.02 bits per heavy atom. The number of hydrogen-bond acceptors (Lipinski definition) is 7.